The molecule has 102 valence electrons. The molecule has 3 nitrogen and oxygen atoms in total. The van der Waals surface area contributed by atoms with Crippen LogP contribution in [-0.2, 0) is 12.8 Å². The van der Waals surface area contributed by atoms with Gasteiger partial charge in [0.1, 0.15) is 0 Å². The predicted octanol–water partition coefficient (Wildman–Crippen LogP) is 2.79. The molecule has 1 atom stereocenters. The van der Waals surface area contributed by atoms with Crippen LogP contribution in [0.5, 0.6) is 0 Å². The number of aromatic nitrogens is 1. The Hall–Kier alpha value is -0.450. The summed E-state index contributed by atoms with van der Waals surface area (Å²) >= 11 is 1.91. The molecule has 1 aromatic heterocycles. The van der Waals surface area contributed by atoms with E-state index in [9.17, 15) is 0 Å². The Morgan fingerprint density at radius 1 is 1.44 bits per heavy atom. The minimum Gasteiger partial charge on any atom is -0.396 e. The van der Waals surface area contributed by atoms with Crippen molar-refractivity contribution in [3.05, 3.63) is 15.6 Å². The number of thiazole rings is 1. The summed E-state index contributed by atoms with van der Waals surface area (Å²) in [6.45, 7) is 3.57. The maximum absolute atomic E-state index is 8.86. The second-order valence-corrected chi connectivity index (χ2v) is 6.21. The highest BCUT2D eigenvalue weighted by atomic mass is 32.1. The number of unbranched alkanes of at least 4 members (excludes halogenated alkanes) is 1. The average molecular weight is 268 g/mol. The number of nitrogens with zero attached hydrogens (tertiary/aromatic N) is 2. The van der Waals surface area contributed by atoms with Crippen molar-refractivity contribution in [1.29, 1.82) is 0 Å². The van der Waals surface area contributed by atoms with E-state index in [1.165, 1.54) is 28.4 Å². The molecule has 0 spiro atoms. The zero-order valence-electron chi connectivity index (χ0n) is 11.5. The quantitative estimate of drug-likeness (QED) is 0.806. The maximum atomic E-state index is 8.86. The van der Waals surface area contributed by atoms with Crippen molar-refractivity contribution in [2.24, 2.45) is 0 Å². The number of hydrogen-bond acceptors (Lipinski definition) is 4. The van der Waals surface area contributed by atoms with Gasteiger partial charge < -0.3 is 5.11 Å². The Labute approximate surface area is 114 Å². The SMILES string of the molecule is CCc1nc2c(s1)C(N(C)CCCCO)CCC2. The smallest absolute Gasteiger partial charge is 0.0928 e. The molecule has 0 fully saturated rings. The summed E-state index contributed by atoms with van der Waals surface area (Å²) in [5, 5.41) is 10.1. The van der Waals surface area contributed by atoms with Gasteiger partial charge in [-0.25, -0.2) is 4.98 Å². The van der Waals surface area contributed by atoms with Gasteiger partial charge in [-0.05, 0) is 52.1 Å². The van der Waals surface area contributed by atoms with Gasteiger partial charge in [0.25, 0.3) is 0 Å². The lowest BCUT2D eigenvalue weighted by Gasteiger charge is -2.30. The van der Waals surface area contributed by atoms with Gasteiger partial charge >= 0.3 is 0 Å². The topological polar surface area (TPSA) is 36.4 Å². The van der Waals surface area contributed by atoms with Crippen molar-refractivity contribution in [2.45, 2.75) is 51.5 Å². The van der Waals surface area contributed by atoms with E-state index in [4.69, 9.17) is 10.1 Å². The Morgan fingerprint density at radius 3 is 3.00 bits per heavy atom. The minimum atomic E-state index is 0.310. The molecule has 1 unspecified atom stereocenters. The molecule has 4 heteroatoms. The van der Waals surface area contributed by atoms with Gasteiger partial charge in [0.2, 0.25) is 0 Å². The summed E-state index contributed by atoms with van der Waals surface area (Å²) in [6, 6.07) is 0.560. The first-order valence-corrected chi connectivity index (χ1v) is 7.87. The minimum absolute atomic E-state index is 0.310. The van der Waals surface area contributed by atoms with E-state index >= 15 is 0 Å². The lowest BCUT2D eigenvalue weighted by Crippen LogP contribution is -2.28. The summed E-state index contributed by atoms with van der Waals surface area (Å²) in [5.41, 5.74) is 1.35. The van der Waals surface area contributed by atoms with Crippen molar-refractivity contribution in [3.8, 4) is 0 Å². The molecule has 0 radical (unpaired) electrons. The molecule has 0 amide bonds. The van der Waals surface area contributed by atoms with Gasteiger partial charge in [-0.3, -0.25) is 4.90 Å². The lowest BCUT2D eigenvalue weighted by molar-refractivity contribution is 0.208. The zero-order chi connectivity index (χ0) is 13.0. The van der Waals surface area contributed by atoms with E-state index in [-0.39, 0.29) is 0 Å². The summed E-state index contributed by atoms with van der Waals surface area (Å²) in [7, 11) is 2.21. The van der Waals surface area contributed by atoms with Gasteiger partial charge in [-0.15, -0.1) is 11.3 Å². The molecule has 2 rings (SSSR count). The van der Waals surface area contributed by atoms with Crippen molar-refractivity contribution in [1.82, 2.24) is 9.88 Å². The number of aliphatic hydroxyl groups excluding tert-OH is 1. The van der Waals surface area contributed by atoms with Gasteiger partial charge in [-0.2, -0.15) is 0 Å². The third kappa shape index (κ3) is 3.11. The molecule has 0 saturated carbocycles. The number of hydrogen-bond donors (Lipinski definition) is 1. The monoisotopic (exact) mass is 268 g/mol. The molecule has 1 aliphatic carbocycles. The van der Waals surface area contributed by atoms with Crippen LogP contribution in [0.25, 0.3) is 0 Å². The van der Waals surface area contributed by atoms with Crippen molar-refractivity contribution < 1.29 is 5.11 Å². The van der Waals surface area contributed by atoms with Crippen molar-refractivity contribution in [3.63, 3.8) is 0 Å². The van der Waals surface area contributed by atoms with E-state index in [0.29, 0.717) is 12.6 Å². The fourth-order valence-corrected chi connectivity index (χ4v) is 3.90. The number of rotatable bonds is 6. The van der Waals surface area contributed by atoms with E-state index < -0.39 is 0 Å². The lowest BCUT2D eigenvalue weighted by atomic mass is 9.97. The summed E-state index contributed by atoms with van der Waals surface area (Å²) in [4.78, 5) is 8.70. The van der Waals surface area contributed by atoms with Crippen molar-refractivity contribution >= 4 is 11.3 Å². The van der Waals surface area contributed by atoms with Crippen molar-refractivity contribution in [2.75, 3.05) is 20.2 Å². The molecule has 1 N–H and O–H groups in total. The van der Waals surface area contributed by atoms with Crippen LogP contribution in [0.2, 0.25) is 0 Å². The largest absolute Gasteiger partial charge is 0.396 e. The Balaban J connectivity index is 2.04. The van der Waals surface area contributed by atoms with Gasteiger partial charge in [0.15, 0.2) is 0 Å². The summed E-state index contributed by atoms with van der Waals surface area (Å²) < 4.78 is 0. The van der Waals surface area contributed by atoms with Crippen LogP contribution in [0.1, 0.15) is 54.2 Å². The van der Waals surface area contributed by atoms with Crippen LogP contribution in [0.15, 0.2) is 0 Å². The Morgan fingerprint density at radius 2 is 2.28 bits per heavy atom. The number of aryl methyl sites for hydroxylation is 2. The molecule has 1 heterocycles. The van der Waals surface area contributed by atoms with Crippen LogP contribution in [0.3, 0.4) is 0 Å². The summed E-state index contributed by atoms with van der Waals surface area (Å²) in [5.74, 6) is 0. The van der Waals surface area contributed by atoms with Crippen LogP contribution in [0, 0.1) is 0 Å². The maximum Gasteiger partial charge on any atom is 0.0928 e. The first kappa shape index (κ1) is 14.0. The van der Waals surface area contributed by atoms with Crippen LogP contribution >= 0.6 is 11.3 Å². The highest BCUT2D eigenvalue weighted by Gasteiger charge is 2.26. The molecule has 0 aliphatic heterocycles. The fraction of sp³-hybridized carbons (Fsp3) is 0.786. The first-order valence-electron chi connectivity index (χ1n) is 7.05. The van der Waals surface area contributed by atoms with E-state index in [0.717, 1.165) is 32.2 Å². The second-order valence-electron chi connectivity index (χ2n) is 5.09. The van der Waals surface area contributed by atoms with E-state index in [1.807, 2.05) is 11.3 Å². The van der Waals surface area contributed by atoms with Gasteiger partial charge in [0, 0.05) is 17.5 Å². The van der Waals surface area contributed by atoms with Crippen LogP contribution in [0.4, 0.5) is 0 Å². The highest BCUT2D eigenvalue weighted by molar-refractivity contribution is 7.11. The third-order valence-corrected chi connectivity index (χ3v) is 5.06. The molecule has 1 aromatic rings. The predicted molar refractivity (Wildman–Crippen MR) is 76.1 cm³/mol. The molecule has 1 aliphatic rings. The fourth-order valence-electron chi connectivity index (χ4n) is 2.65. The third-order valence-electron chi connectivity index (χ3n) is 3.72. The van der Waals surface area contributed by atoms with Crippen LogP contribution in [-0.4, -0.2) is 35.2 Å². The van der Waals surface area contributed by atoms with Crippen LogP contribution < -0.4 is 0 Å². The molecular formula is C14H24N2OS. The normalized spacial score (nSPS) is 19.2. The molecule has 0 aromatic carbocycles. The second kappa shape index (κ2) is 6.64. The Kier molecular flexibility index (Phi) is 5.15. The van der Waals surface area contributed by atoms with Gasteiger partial charge in [0.05, 0.1) is 10.7 Å². The zero-order valence-corrected chi connectivity index (χ0v) is 12.3. The van der Waals surface area contributed by atoms with E-state index in [1.54, 1.807) is 0 Å². The first-order chi connectivity index (χ1) is 8.76. The van der Waals surface area contributed by atoms with Gasteiger partial charge in [-0.1, -0.05) is 6.92 Å². The number of fused-ring (bicyclic) bond motifs is 1. The number of aliphatic hydroxyl groups is 1. The molecule has 0 bridgehead atoms. The highest BCUT2D eigenvalue weighted by Crippen LogP contribution is 2.37. The Bertz CT molecular complexity index is 378. The summed E-state index contributed by atoms with van der Waals surface area (Å²) in [6.07, 6.45) is 6.72. The average Bonchev–Trinajstić information content (AvgIpc) is 2.81. The van der Waals surface area contributed by atoms with E-state index in [2.05, 4.69) is 18.9 Å². The molecule has 0 saturated heterocycles. The molecule has 18 heavy (non-hydrogen) atoms. The molecular weight excluding hydrogens is 244 g/mol. The standard InChI is InChI=1S/C14H24N2OS/c1-3-13-15-11-7-6-8-12(14(11)18-13)16(2)9-4-5-10-17/h12,17H,3-10H2,1-2H3.